The molecule has 0 aliphatic carbocycles. The summed E-state index contributed by atoms with van der Waals surface area (Å²) in [4.78, 5) is 23.1. The Kier molecular flexibility index (Phi) is 3.63. The number of H-pyrrole nitrogens is 1. The van der Waals surface area contributed by atoms with Gasteiger partial charge in [-0.15, -0.1) is 0 Å². The Bertz CT molecular complexity index is 719. The standard InChI is InChI=1S/C15H19FN4O/c1-3-11-15(21)18-12-8-10(16)14(9-13(12)17-11)20-6-4-19(2)5-7-20/h8-9H,3-7H2,1-2H3,(H,18,21). The normalized spacial score (nSPS) is 16.6. The van der Waals surface area contributed by atoms with Crippen molar-refractivity contribution in [3.63, 3.8) is 0 Å². The van der Waals surface area contributed by atoms with E-state index in [9.17, 15) is 9.18 Å². The Morgan fingerprint density at radius 3 is 2.67 bits per heavy atom. The molecule has 3 rings (SSSR count). The lowest BCUT2D eigenvalue weighted by Gasteiger charge is -2.34. The zero-order valence-corrected chi connectivity index (χ0v) is 12.3. The van der Waals surface area contributed by atoms with Crippen molar-refractivity contribution in [1.29, 1.82) is 0 Å². The van der Waals surface area contributed by atoms with Crippen molar-refractivity contribution in [3.8, 4) is 0 Å². The Morgan fingerprint density at radius 1 is 1.29 bits per heavy atom. The van der Waals surface area contributed by atoms with E-state index in [0.717, 1.165) is 26.2 Å². The summed E-state index contributed by atoms with van der Waals surface area (Å²) in [6, 6.07) is 3.11. The van der Waals surface area contributed by atoms with Crippen molar-refractivity contribution in [1.82, 2.24) is 14.9 Å². The molecule has 1 aliphatic rings. The number of rotatable bonds is 2. The highest BCUT2D eigenvalue weighted by molar-refractivity contribution is 5.79. The third-order valence-electron chi connectivity index (χ3n) is 4.01. The Morgan fingerprint density at radius 2 is 2.00 bits per heavy atom. The Hall–Kier alpha value is -1.95. The molecule has 0 bridgehead atoms. The smallest absolute Gasteiger partial charge is 0.270 e. The minimum absolute atomic E-state index is 0.239. The second kappa shape index (κ2) is 5.44. The van der Waals surface area contributed by atoms with E-state index in [1.807, 2.05) is 11.8 Å². The maximum atomic E-state index is 14.3. The number of anilines is 1. The number of hydrogen-bond donors (Lipinski definition) is 1. The summed E-state index contributed by atoms with van der Waals surface area (Å²) in [7, 11) is 2.06. The maximum absolute atomic E-state index is 14.3. The highest BCUT2D eigenvalue weighted by atomic mass is 19.1. The lowest BCUT2D eigenvalue weighted by atomic mass is 10.2. The minimum Gasteiger partial charge on any atom is -0.367 e. The van der Waals surface area contributed by atoms with E-state index < -0.39 is 0 Å². The molecule has 0 radical (unpaired) electrons. The largest absolute Gasteiger partial charge is 0.367 e. The number of likely N-dealkylation sites (N-methyl/N-ethyl adjacent to an activating group) is 1. The molecule has 1 N–H and O–H groups in total. The van der Waals surface area contributed by atoms with Crippen LogP contribution in [-0.4, -0.2) is 48.1 Å². The fourth-order valence-electron chi connectivity index (χ4n) is 2.66. The molecule has 0 saturated carbocycles. The molecule has 0 amide bonds. The maximum Gasteiger partial charge on any atom is 0.270 e. The molecule has 112 valence electrons. The quantitative estimate of drug-likeness (QED) is 0.908. The van der Waals surface area contributed by atoms with Gasteiger partial charge in [-0.2, -0.15) is 0 Å². The van der Waals surface area contributed by atoms with E-state index in [1.54, 1.807) is 6.07 Å². The number of aromatic nitrogens is 2. The molecule has 1 aromatic heterocycles. The first-order valence-corrected chi connectivity index (χ1v) is 7.24. The van der Waals surface area contributed by atoms with Gasteiger partial charge in [-0.3, -0.25) is 4.79 Å². The number of fused-ring (bicyclic) bond motifs is 1. The van der Waals surface area contributed by atoms with Crippen LogP contribution in [0.4, 0.5) is 10.1 Å². The predicted molar refractivity (Wildman–Crippen MR) is 81.4 cm³/mol. The molecule has 1 aromatic carbocycles. The van der Waals surface area contributed by atoms with Crippen LogP contribution >= 0.6 is 0 Å². The number of halogens is 1. The van der Waals surface area contributed by atoms with Gasteiger partial charge in [0.1, 0.15) is 11.5 Å². The molecule has 2 heterocycles. The molecule has 5 nitrogen and oxygen atoms in total. The summed E-state index contributed by atoms with van der Waals surface area (Å²) >= 11 is 0. The van der Waals surface area contributed by atoms with E-state index in [-0.39, 0.29) is 11.4 Å². The van der Waals surface area contributed by atoms with Crippen LogP contribution in [0.3, 0.4) is 0 Å². The van der Waals surface area contributed by atoms with Crippen molar-refractivity contribution in [2.24, 2.45) is 0 Å². The molecule has 0 spiro atoms. The first-order chi connectivity index (χ1) is 10.1. The number of nitrogens with zero attached hydrogens (tertiary/aromatic N) is 3. The van der Waals surface area contributed by atoms with Crippen LogP contribution < -0.4 is 10.5 Å². The number of piperazine rings is 1. The van der Waals surface area contributed by atoms with Gasteiger partial charge in [-0.1, -0.05) is 6.92 Å². The van der Waals surface area contributed by atoms with E-state index in [0.29, 0.717) is 28.8 Å². The summed E-state index contributed by atoms with van der Waals surface area (Å²) in [5, 5.41) is 0. The number of nitrogens with one attached hydrogen (secondary N) is 1. The molecule has 1 saturated heterocycles. The zero-order chi connectivity index (χ0) is 15.0. The molecule has 0 atom stereocenters. The molecule has 2 aromatic rings. The van der Waals surface area contributed by atoms with Crippen LogP contribution in [0.25, 0.3) is 11.0 Å². The van der Waals surface area contributed by atoms with Gasteiger partial charge in [-0.05, 0) is 19.5 Å². The van der Waals surface area contributed by atoms with Crippen molar-refractivity contribution >= 4 is 16.7 Å². The average molecular weight is 290 g/mol. The number of aromatic amines is 1. The summed E-state index contributed by atoms with van der Waals surface area (Å²) in [5.74, 6) is -0.311. The number of aryl methyl sites for hydroxylation is 1. The van der Waals surface area contributed by atoms with Crippen LogP contribution in [0.2, 0.25) is 0 Å². The molecular formula is C15H19FN4O. The van der Waals surface area contributed by atoms with Crippen LogP contribution in [0.5, 0.6) is 0 Å². The summed E-state index contributed by atoms with van der Waals surface area (Å²) < 4.78 is 14.3. The third kappa shape index (κ3) is 2.63. The van der Waals surface area contributed by atoms with E-state index >= 15 is 0 Å². The topological polar surface area (TPSA) is 52.2 Å². The van der Waals surface area contributed by atoms with Gasteiger partial charge in [0, 0.05) is 32.2 Å². The third-order valence-corrected chi connectivity index (χ3v) is 4.01. The molecular weight excluding hydrogens is 271 g/mol. The van der Waals surface area contributed by atoms with Gasteiger partial charge in [0.2, 0.25) is 0 Å². The van der Waals surface area contributed by atoms with Gasteiger partial charge in [0.15, 0.2) is 0 Å². The Labute approximate surface area is 122 Å². The lowest BCUT2D eigenvalue weighted by molar-refractivity contribution is 0.312. The molecule has 0 unspecified atom stereocenters. The van der Waals surface area contributed by atoms with Gasteiger partial charge in [0.25, 0.3) is 5.56 Å². The zero-order valence-electron chi connectivity index (χ0n) is 12.3. The second-order valence-electron chi connectivity index (χ2n) is 5.48. The molecule has 1 aliphatic heterocycles. The highest BCUT2D eigenvalue weighted by Gasteiger charge is 2.18. The van der Waals surface area contributed by atoms with Crippen molar-refractivity contribution in [2.45, 2.75) is 13.3 Å². The first kappa shape index (κ1) is 14.0. The Balaban J connectivity index is 2.05. The van der Waals surface area contributed by atoms with E-state index in [2.05, 4.69) is 21.9 Å². The minimum atomic E-state index is -0.311. The second-order valence-corrected chi connectivity index (χ2v) is 5.48. The van der Waals surface area contributed by atoms with Crippen LogP contribution in [0, 0.1) is 5.82 Å². The van der Waals surface area contributed by atoms with Gasteiger partial charge in [-0.25, -0.2) is 9.37 Å². The predicted octanol–water partition coefficient (Wildman–Crippen LogP) is 1.38. The number of hydrogen-bond acceptors (Lipinski definition) is 4. The lowest BCUT2D eigenvalue weighted by Crippen LogP contribution is -2.44. The van der Waals surface area contributed by atoms with Gasteiger partial charge in [0.05, 0.1) is 16.7 Å². The fraction of sp³-hybridized carbons (Fsp3) is 0.467. The van der Waals surface area contributed by atoms with Crippen molar-refractivity contribution in [2.75, 3.05) is 38.1 Å². The number of benzene rings is 1. The van der Waals surface area contributed by atoms with Crippen molar-refractivity contribution in [3.05, 3.63) is 34.0 Å². The first-order valence-electron chi connectivity index (χ1n) is 7.24. The average Bonchev–Trinajstić information content (AvgIpc) is 2.47. The van der Waals surface area contributed by atoms with E-state index in [4.69, 9.17) is 0 Å². The highest BCUT2D eigenvalue weighted by Crippen LogP contribution is 2.24. The van der Waals surface area contributed by atoms with Crippen LogP contribution in [-0.2, 0) is 6.42 Å². The monoisotopic (exact) mass is 290 g/mol. The summed E-state index contributed by atoms with van der Waals surface area (Å²) in [6.07, 6.45) is 0.562. The van der Waals surface area contributed by atoms with Crippen LogP contribution in [0.15, 0.2) is 16.9 Å². The van der Waals surface area contributed by atoms with Crippen LogP contribution in [0.1, 0.15) is 12.6 Å². The van der Waals surface area contributed by atoms with Gasteiger partial charge >= 0.3 is 0 Å². The molecule has 21 heavy (non-hydrogen) atoms. The van der Waals surface area contributed by atoms with E-state index in [1.165, 1.54) is 6.07 Å². The molecule has 6 heteroatoms. The molecule has 1 fully saturated rings. The fourth-order valence-corrected chi connectivity index (χ4v) is 2.66. The summed E-state index contributed by atoms with van der Waals surface area (Å²) in [5.41, 5.74) is 1.90. The van der Waals surface area contributed by atoms with Crippen molar-refractivity contribution < 1.29 is 4.39 Å². The SMILES string of the molecule is CCc1nc2cc(N3CCN(C)CC3)c(F)cc2[nH]c1=O. The summed E-state index contributed by atoms with van der Waals surface area (Å²) in [6.45, 7) is 5.30. The van der Waals surface area contributed by atoms with Gasteiger partial charge < -0.3 is 14.8 Å².